The number of carbonyl (C=O) groups is 2. The summed E-state index contributed by atoms with van der Waals surface area (Å²) in [6, 6.07) is 3.56. The standard InChI is InChI=1S/C19H21NO5/c1-23-15-9-11(10-16(24-2)17(15)25-3)8-14-12-6-4-5-7-13(12)18(21)20-19(14)22/h8-10H,4-7H2,1-3H3,(H,20,21,22)/b14-8-. The minimum atomic E-state index is -0.362. The van der Waals surface area contributed by atoms with Crippen LogP contribution in [0.2, 0.25) is 0 Å². The minimum absolute atomic E-state index is 0.262. The molecule has 132 valence electrons. The Morgan fingerprint density at radius 1 is 0.880 bits per heavy atom. The van der Waals surface area contributed by atoms with E-state index >= 15 is 0 Å². The average molecular weight is 343 g/mol. The van der Waals surface area contributed by atoms with Gasteiger partial charge in [0, 0.05) is 11.1 Å². The van der Waals surface area contributed by atoms with E-state index in [0.29, 0.717) is 29.2 Å². The lowest BCUT2D eigenvalue weighted by Crippen LogP contribution is -2.39. The number of hydrogen-bond acceptors (Lipinski definition) is 5. The number of ether oxygens (including phenoxy) is 3. The SMILES string of the molecule is COc1cc(/C=C2\C(=O)NC(=O)C3=C2CCCC3)cc(OC)c1OC. The summed E-state index contributed by atoms with van der Waals surface area (Å²) < 4.78 is 16.0. The predicted molar refractivity (Wildman–Crippen MR) is 92.7 cm³/mol. The normalized spacial score (nSPS) is 18.8. The number of imide groups is 1. The molecule has 0 saturated carbocycles. The molecule has 0 saturated heterocycles. The summed E-state index contributed by atoms with van der Waals surface area (Å²) >= 11 is 0. The van der Waals surface area contributed by atoms with Gasteiger partial charge in [-0.3, -0.25) is 14.9 Å². The van der Waals surface area contributed by atoms with E-state index in [1.54, 1.807) is 32.4 Å². The molecule has 1 N–H and O–H groups in total. The lowest BCUT2D eigenvalue weighted by Gasteiger charge is -2.26. The van der Waals surface area contributed by atoms with Crippen LogP contribution >= 0.6 is 0 Å². The number of hydrogen-bond donors (Lipinski definition) is 1. The molecular weight excluding hydrogens is 322 g/mol. The maximum Gasteiger partial charge on any atom is 0.258 e. The van der Waals surface area contributed by atoms with E-state index in [1.165, 1.54) is 7.11 Å². The van der Waals surface area contributed by atoms with Crippen molar-refractivity contribution in [3.05, 3.63) is 34.4 Å². The van der Waals surface area contributed by atoms with Crippen molar-refractivity contribution in [3.8, 4) is 17.2 Å². The van der Waals surface area contributed by atoms with Gasteiger partial charge in [-0.25, -0.2) is 0 Å². The van der Waals surface area contributed by atoms with E-state index in [0.717, 1.165) is 36.0 Å². The number of methoxy groups -OCH3 is 3. The van der Waals surface area contributed by atoms with Crippen molar-refractivity contribution in [2.75, 3.05) is 21.3 Å². The first kappa shape index (κ1) is 17.1. The summed E-state index contributed by atoms with van der Waals surface area (Å²) in [5, 5.41) is 2.44. The van der Waals surface area contributed by atoms with Crippen LogP contribution in [0.15, 0.2) is 28.9 Å². The van der Waals surface area contributed by atoms with Gasteiger partial charge in [-0.1, -0.05) is 0 Å². The fourth-order valence-corrected chi connectivity index (χ4v) is 3.34. The lowest BCUT2D eigenvalue weighted by atomic mass is 9.83. The Labute approximate surface area is 146 Å². The number of nitrogens with one attached hydrogen (secondary N) is 1. The average Bonchev–Trinajstić information content (AvgIpc) is 2.64. The van der Waals surface area contributed by atoms with Crippen molar-refractivity contribution in [1.82, 2.24) is 5.32 Å². The monoisotopic (exact) mass is 343 g/mol. The van der Waals surface area contributed by atoms with Gasteiger partial charge in [0.05, 0.1) is 21.3 Å². The quantitative estimate of drug-likeness (QED) is 0.672. The predicted octanol–water partition coefficient (Wildman–Crippen LogP) is 2.62. The summed E-state index contributed by atoms with van der Waals surface area (Å²) in [5.74, 6) is 0.895. The summed E-state index contributed by atoms with van der Waals surface area (Å²) in [6.45, 7) is 0. The van der Waals surface area contributed by atoms with Gasteiger partial charge in [-0.15, -0.1) is 0 Å². The highest BCUT2D eigenvalue weighted by Gasteiger charge is 2.31. The highest BCUT2D eigenvalue weighted by Crippen LogP contribution is 2.40. The lowest BCUT2D eigenvalue weighted by molar-refractivity contribution is -0.127. The van der Waals surface area contributed by atoms with Gasteiger partial charge in [0.25, 0.3) is 11.8 Å². The van der Waals surface area contributed by atoms with E-state index in [9.17, 15) is 9.59 Å². The number of carbonyl (C=O) groups excluding carboxylic acids is 2. The van der Waals surface area contributed by atoms with Crippen molar-refractivity contribution in [1.29, 1.82) is 0 Å². The van der Waals surface area contributed by atoms with Crippen molar-refractivity contribution in [2.45, 2.75) is 25.7 Å². The van der Waals surface area contributed by atoms with Crippen molar-refractivity contribution >= 4 is 17.9 Å². The molecule has 1 aromatic carbocycles. The zero-order chi connectivity index (χ0) is 18.0. The third-order valence-electron chi connectivity index (χ3n) is 4.54. The molecule has 1 aromatic rings. The first-order valence-corrected chi connectivity index (χ1v) is 8.18. The van der Waals surface area contributed by atoms with Crippen LogP contribution in [0.5, 0.6) is 17.2 Å². The molecule has 1 aliphatic carbocycles. The van der Waals surface area contributed by atoms with Crippen LogP contribution in [0.25, 0.3) is 6.08 Å². The zero-order valence-corrected chi connectivity index (χ0v) is 14.6. The molecule has 6 heteroatoms. The third kappa shape index (κ3) is 3.12. The Bertz CT molecular complexity index is 766. The van der Waals surface area contributed by atoms with Gasteiger partial charge in [0.1, 0.15) is 0 Å². The molecule has 0 unspecified atom stereocenters. The fraction of sp³-hybridized carbons (Fsp3) is 0.368. The van der Waals surface area contributed by atoms with Gasteiger partial charge in [-0.2, -0.15) is 0 Å². The molecule has 0 spiro atoms. The molecule has 0 bridgehead atoms. The summed E-state index contributed by atoms with van der Waals surface area (Å²) in [4.78, 5) is 24.4. The molecule has 0 atom stereocenters. The second kappa shape index (κ2) is 7.01. The Morgan fingerprint density at radius 2 is 1.48 bits per heavy atom. The molecule has 2 aliphatic rings. The molecule has 25 heavy (non-hydrogen) atoms. The van der Waals surface area contributed by atoms with Crippen LogP contribution in [0.1, 0.15) is 31.2 Å². The molecule has 0 radical (unpaired) electrons. The van der Waals surface area contributed by atoms with Crippen LogP contribution in [-0.2, 0) is 9.59 Å². The summed E-state index contributed by atoms with van der Waals surface area (Å²) in [7, 11) is 4.63. The first-order valence-electron chi connectivity index (χ1n) is 8.18. The van der Waals surface area contributed by atoms with Gasteiger partial charge in [-0.05, 0) is 55.0 Å². The van der Waals surface area contributed by atoms with E-state index in [-0.39, 0.29) is 11.8 Å². The van der Waals surface area contributed by atoms with Crippen molar-refractivity contribution < 1.29 is 23.8 Å². The first-order chi connectivity index (χ1) is 12.1. The van der Waals surface area contributed by atoms with E-state index in [1.807, 2.05) is 0 Å². The zero-order valence-electron chi connectivity index (χ0n) is 14.6. The molecule has 3 rings (SSSR count). The van der Waals surface area contributed by atoms with Gasteiger partial charge < -0.3 is 14.2 Å². The largest absolute Gasteiger partial charge is 0.493 e. The van der Waals surface area contributed by atoms with Crippen LogP contribution < -0.4 is 19.5 Å². The topological polar surface area (TPSA) is 73.9 Å². The van der Waals surface area contributed by atoms with Crippen LogP contribution in [-0.4, -0.2) is 33.1 Å². The maximum atomic E-state index is 12.4. The van der Waals surface area contributed by atoms with Crippen molar-refractivity contribution in [3.63, 3.8) is 0 Å². The summed E-state index contributed by atoms with van der Waals surface area (Å²) in [6.07, 6.45) is 5.17. The van der Waals surface area contributed by atoms with E-state index < -0.39 is 0 Å². The molecule has 1 heterocycles. The number of amides is 2. The van der Waals surface area contributed by atoms with Gasteiger partial charge in [0.2, 0.25) is 5.75 Å². The second-order valence-electron chi connectivity index (χ2n) is 5.96. The Hall–Kier alpha value is -2.76. The third-order valence-corrected chi connectivity index (χ3v) is 4.54. The Balaban J connectivity index is 2.11. The minimum Gasteiger partial charge on any atom is -0.493 e. The molecule has 1 aliphatic heterocycles. The molecule has 0 fully saturated rings. The molecule has 0 aromatic heterocycles. The smallest absolute Gasteiger partial charge is 0.258 e. The second-order valence-corrected chi connectivity index (χ2v) is 5.96. The summed E-state index contributed by atoms with van der Waals surface area (Å²) in [5.41, 5.74) is 2.85. The highest BCUT2D eigenvalue weighted by atomic mass is 16.5. The Morgan fingerprint density at radius 3 is 2.04 bits per heavy atom. The highest BCUT2D eigenvalue weighted by molar-refractivity contribution is 6.18. The van der Waals surface area contributed by atoms with Crippen molar-refractivity contribution in [2.24, 2.45) is 0 Å². The van der Waals surface area contributed by atoms with E-state index in [2.05, 4.69) is 5.32 Å². The molecular formula is C19H21NO5. The fourth-order valence-electron chi connectivity index (χ4n) is 3.34. The number of rotatable bonds is 4. The molecule has 6 nitrogen and oxygen atoms in total. The maximum absolute atomic E-state index is 12.4. The molecule has 2 amide bonds. The van der Waals surface area contributed by atoms with Crippen LogP contribution in [0, 0.1) is 0 Å². The van der Waals surface area contributed by atoms with Crippen LogP contribution in [0.3, 0.4) is 0 Å². The number of benzene rings is 1. The van der Waals surface area contributed by atoms with Gasteiger partial charge in [0.15, 0.2) is 11.5 Å². The van der Waals surface area contributed by atoms with Crippen LogP contribution in [0.4, 0.5) is 0 Å². The Kier molecular flexibility index (Phi) is 4.79. The van der Waals surface area contributed by atoms with Gasteiger partial charge >= 0.3 is 0 Å². The van der Waals surface area contributed by atoms with E-state index in [4.69, 9.17) is 14.2 Å².